The van der Waals surface area contributed by atoms with Crippen LogP contribution in [-0.2, 0) is 4.79 Å². The van der Waals surface area contributed by atoms with Gasteiger partial charge in [0.2, 0.25) is 5.91 Å². The molecule has 0 aromatic rings. The molecule has 10 aliphatic rings. The lowest BCUT2D eigenvalue weighted by atomic mass is 9.56. The average Bonchev–Trinajstić information content (AvgIpc) is 3.25. The minimum absolute atomic E-state index is 0.0208. The van der Waals surface area contributed by atoms with Gasteiger partial charge in [0.15, 0.2) is 0 Å². The molecule has 4 bridgehead atoms. The summed E-state index contributed by atoms with van der Waals surface area (Å²) in [6, 6.07) is 0. The Balaban J connectivity index is 1.24. The standard InChI is InChI=1S/C18H19NOSi/c19-14(20)16-8-6-15-13(16)18(15,16)12-11(8)17(12,15)10-5-7-3-1-2-4-9(7)21-10/h1-4,7-13H,5-6,21H2,(H2,19,20). The van der Waals surface area contributed by atoms with Gasteiger partial charge in [0.25, 0.3) is 0 Å². The van der Waals surface area contributed by atoms with E-state index in [0.717, 1.165) is 46.1 Å². The largest absolute Gasteiger partial charge is 0.369 e. The van der Waals surface area contributed by atoms with Gasteiger partial charge in [0.05, 0.1) is 5.41 Å². The van der Waals surface area contributed by atoms with Crippen LogP contribution < -0.4 is 5.73 Å². The smallest absolute Gasteiger partial charge is 0.224 e. The first-order valence-corrected chi connectivity index (χ1v) is 10.5. The lowest BCUT2D eigenvalue weighted by Gasteiger charge is -2.49. The summed E-state index contributed by atoms with van der Waals surface area (Å²) in [7, 11) is 0.0208. The monoisotopic (exact) mass is 293 g/mol. The highest BCUT2D eigenvalue weighted by Gasteiger charge is 3.31. The zero-order chi connectivity index (χ0) is 13.6. The minimum atomic E-state index is 0.0208. The van der Waals surface area contributed by atoms with Crippen LogP contribution in [0.1, 0.15) is 12.8 Å². The van der Waals surface area contributed by atoms with Crippen LogP contribution in [0.4, 0.5) is 0 Å². The fourth-order valence-electron chi connectivity index (χ4n) is 10.9. The normalized spacial score (nSPS) is 81.2. The molecule has 11 unspecified atom stereocenters. The zero-order valence-corrected chi connectivity index (χ0v) is 13.4. The van der Waals surface area contributed by atoms with Crippen molar-refractivity contribution in [1.82, 2.24) is 0 Å². The number of hydrogen-bond acceptors (Lipinski definition) is 1. The van der Waals surface area contributed by atoms with Gasteiger partial charge in [-0.15, -0.1) is 0 Å². The van der Waals surface area contributed by atoms with Gasteiger partial charge in [0, 0.05) is 9.52 Å². The van der Waals surface area contributed by atoms with E-state index in [0.29, 0.717) is 10.8 Å². The van der Waals surface area contributed by atoms with Crippen LogP contribution in [0.5, 0.6) is 0 Å². The molecule has 1 heterocycles. The van der Waals surface area contributed by atoms with Gasteiger partial charge in [-0.25, -0.2) is 0 Å². The number of carbonyl (C=O) groups is 1. The van der Waals surface area contributed by atoms with E-state index in [-0.39, 0.29) is 20.8 Å². The molecule has 2 spiro atoms. The number of allylic oxidation sites excluding steroid dienone is 4. The van der Waals surface area contributed by atoms with Crippen molar-refractivity contribution in [3.05, 3.63) is 24.3 Å². The van der Waals surface area contributed by atoms with E-state index < -0.39 is 0 Å². The topological polar surface area (TPSA) is 43.1 Å². The van der Waals surface area contributed by atoms with Gasteiger partial charge in [-0.05, 0) is 69.8 Å². The van der Waals surface area contributed by atoms with Crippen LogP contribution in [0.2, 0.25) is 11.1 Å². The molecule has 1 aliphatic heterocycles. The molecular formula is C18H19NOSi. The molecule has 9 fully saturated rings. The number of primary amides is 1. The van der Waals surface area contributed by atoms with E-state index in [1.54, 1.807) is 0 Å². The third kappa shape index (κ3) is 0.501. The molecule has 21 heavy (non-hydrogen) atoms. The third-order valence-electron chi connectivity index (χ3n) is 10.4. The van der Waals surface area contributed by atoms with Crippen LogP contribution in [0.15, 0.2) is 24.3 Å². The second kappa shape index (κ2) is 2.16. The number of rotatable bonds is 2. The molecule has 1 saturated heterocycles. The molecule has 1 amide bonds. The Morgan fingerprint density at radius 1 is 1.29 bits per heavy atom. The molecule has 0 aromatic heterocycles. The summed E-state index contributed by atoms with van der Waals surface area (Å²) in [6.07, 6.45) is 12.5. The molecule has 2 N–H and O–H groups in total. The second-order valence-electron chi connectivity index (χ2n) is 9.52. The summed E-state index contributed by atoms with van der Waals surface area (Å²) < 4.78 is 0. The van der Waals surface area contributed by atoms with E-state index in [1.165, 1.54) is 12.8 Å². The van der Waals surface area contributed by atoms with Gasteiger partial charge in [0.1, 0.15) is 0 Å². The van der Waals surface area contributed by atoms with Crippen LogP contribution in [-0.4, -0.2) is 15.4 Å². The molecule has 11 atom stereocenters. The third-order valence-corrected chi connectivity index (χ3v) is 13.4. The Hall–Kier alpha value is -0.833. The molecule has 0 radical (unpaired) electrons. The Bertz CT molecular complexity index is 747. The van der Waals surface area contributed by atoms with Crippen molar-refractivity contribution in [3.8, 4) is 0 Å². The highest BCUT2D eigenvalue weighted by atomic mass is 28.2. The number of carbonyl (C=O) groups excluding carboxylic acids is 1. The quantitative estimate of drug-likeness (QED) is 0.765. The van der Waals surface area contributed by atoms with Crippen molar-refractivity contribution in [2.75, 3.05) is 0 Å². The molecule has 8 saturated carbocycles. The summed E-state index contributed by atoms with van der Waals surface area (Å²) in [5.74, 6) is 4.44. The fourth-order valence-corrected chi connectivity index (χ4v) is 14.4. The van der Waals surface area contributed by atoms with E-state index in [1.807, 2.05) is 0 Å². The lowest BCUT2D eigenvalue weighted by molar-refractivity contribution is -0.133. The Labute approximate surface area is 126 Å². The first kappa shape index (κ1) is 10.0. The maximum Gasteiger partial charge on any atom is 0.224 e. The van der Waals surface area contributed by atoms with Crippen molar-refractivity contribution in [2.24, 2.45) is 57.0 Å². The minimum Gasteiger partial charge on any atom is -0.369 e. The van der Waals surface area contributed by atoms with Crippen molar-refractivity contribution >= 4 is 15.4 Å². The van der Waals surface area contributed by atoms with Gasteiger partial charge in [-0.2, -0.15) is 0 Å². The first-order valence-electron chi connectivity index (χ1n) is 8.86. The lowest BCUT2D eigenvalue weighted by Crippen LogP contribution is -2.51. The van der Waals surface area contributed by atoms with Crippen molar-refractivity contribution in [3.63, 3.8) is 0 Å². The van der Waals surface area contributed by atoms with E-state index in [4.69, 9.17) is 5.73 Å². The van der Waals surface area contributed by atoms with Crippen molar-refractivity contribution in [1.29, 1.82) is 0 Å². The summed E-state index contributed by atoms with van der Waals surface area (Å²) in [6.45, 7) is 0. The van der Waals surface area contributed by atoms with E-state index in [9.17, 15) is 4.79 Å². The number of amides is 1. The van der Waals surface area contributed by atoms with Crippen LogP contribution in [0.25, 0.3) is 0 Å². The summed E-state index contributed by atoms with van der Waals surface area (Å²) in [4.78, 5) is 12.1. The Morgan fingerprint density at radius 2 is 2.14 bits per heavy atom. The summed E-state index contributed by atoms with van der Waals surface area (Å²) in [5.41, 5.74) is 9.96. The number of hydrogen-bond donors (Lipinski definition) is 1. The molecule has 0 aromatic carbocycles. The van der Waals surface area contributed by atoms with Crippen LogP contribution in [0, 0.1) is 51.2 Å². The van der Waals surface area contributed by atoms with E-state index in [2.05, 4.69) is 24.3 Å². The predicted octanol–water partition coefficient (Wildman–Crippen LogP) is 1.25. The highest BCUT2D eigenvalue weighted by molar-refractivity contribution is 6.43. The van der Waals surface area contributed by atoms with Gasteiger partial charge in [-0.3, -0.25) is 4.79 Å². The number of nitrogens with two attached hydrogens (primary N) is 1. The van der Waals surface area contributed by atoms with Crippen molar-refractivity contribution < 1.29 is 4.79 Å². The maximum atomic E-state index is 12.1. The molecule has 3 heteroatoms. The first-order chi connectivity index (χ1) is 10.2. The Morgan fingerprint density at radius 3 is 2.76 bits per heavy atom. The highest BCUT2D eigenvalue weighted by Crippen LogP contribution is 3.32. The number of fused-ring (bicyclic) bond motifs is 1. The molecule has 10 rings (SSSR count). The van der Waals surface area contributed by atoms with E-state index >= 15 is 0 Å². The average molecular weight is 293 g/mol. The molecular weight excluding hydrogens is 274 g/mol. The summed E-state index contributed by atoms with van der Waals surface area (Å²) in [5, 5.41) is 0. The van der Waals surface area contributed by atoms with Crippen molar-refractivity contribution in [2.45, 2.75) is 23.9 Å². The SMILES string of the molecule is NC(=O)C12C3CC45C1C24C1C3C15C1CC2C=CC=CC2[SiH2]1. The van der Waals surface area contributed by atoms with Crippen LogP contribution >= 0.6 is 0 Å². The van der Waals surface area contributed by atoms with Crippen LogP contribution in [0.3, 0.4) is 0 Å². The zero-order valence-electron chi connectivity index (χ0n) is 12.0. The molecule has 9 aliphatic carbocycles. The molecule has 106 valence electrons. The van der Waals surface area contributed by atoms with Gasteiger partial charge < -0.3 is 5.73 Å². The fraction of sp³-hybridized carbons (Fsp3) is 0.722. The van der Waals surface area contributed by atoms with Gasteiger partial charge >= 0.3 is 0 Å². The molecule has 2 nitrogen and oxygen atoms in total. The maximum absolute atomic E-state index is 12.1. The predicted molar refractivity (Wildman–Crippen MR) is 79.9 cm³/mol. The second-order valence-corrected chi connectivity index (χ2v) is 11.9. The Kier molecular flexibility index (Phi) is 1.03. The van der Waals surface area contributed by atoms with Gasteiger partial charge in [-0.1, -0.05) is 24.3 Å². The summed E-state index contributed by atoms with van der Waals surface area (Å²) >= 11 is 0.